The first kappa shape index (κ1) is 20.1. The third-order valence-corrected chi connectivity index (χ3v) is 5.19. The predicted octanol–water partition coefficient (Wildman–Crippen LogP) is 5.21. The van der Waals surface area contributed by atoms with Crippen LogP contribution in [0.3, 0.4) is 0 Å². The van der Waals surface area contributed by atoms with Gasteiger partial charge in [-0.15, -0.1) is 11.3 Å². The van der Waals surface area contributed by atoms with E-state index in [1.54, 1.807) is 24.3 Å². The van der Waals surface area contributed by atoms with Crippen LogP contribution in [-0.4, -0.2) is 27.1 Å². The van der Waals surface area contributed by atoms with Crippen LogP contribution < -0.4 is 10.6 Å². The number of carboxylic acid groups (broad SMARTS) is 1. The van der Waals surface area contributed by atoms with Crippen molar-refractivity contribution < 1.29 is 19.8 Å². The van der Waals surface area contributed by atoms with E-state index in [4.69, 9.17) is 5.11 Å². The van der Waals surface area contributed by atoms with Crippen LogP contribution in [0.2, 0.25) is 0 Å². The number of aromatic hydroxyl groups is 1. The number of amides is 1. The Morgan fingerprint density at radius 1 is 0.903 bits per heavy atom. The highest BCUT2D eigenvalue weighted by atomic mass is 32.1. The Kier molecular flexibility index (Phi) is 5.63. The van der Waals surface area contributed by atoms with E-state index in [1.165, 1.54) is 23.5 Å². The lowest BCUT2D eigenvalue weighted by molar-refractivity contribution is 0.0693. The Balaban J connectivity index is 1.50. The number of hydrogen-bond donors (Lipinski definition) is 4. The third-order valence-electron chi connectivity index (χ3n) is 4.43. The number of thiazole rings is 1. The molecule has 4 N–H and O–H groups in total. The highest BCUT2D eigenvalue weighted by Gasteiger charge is 2.12. The first-order valence-corrected chi connectivity index (χ1v) is 10.1. The number of carbonyl (C=O) groups is 2. The van der Waals surface area contributed by atoms with E-state index in [1.807, 2.05) is 41.8 Å². The molecule has 4 rings (SSSR count). The molecule has 31 heavy (non-hydrogen) atoms. The smallest absolute Gasteiger partial charge is 0.339 e. The monoisotopic (exact) mass is 431 g/mol. The van der Waals surface area contributed by atoms with Crippen LogP contribution in [-0.2, 0) is 0 Å². The molecule has 0 atom stereocenters. The summed E-state index contributed by atoms with van der Waals surface area (Å²) in [6.45, 7) is 0. The van der Waals surface area contributed by atoms with Crippen LogP contribution in [0.5, 0.6) is 5.75 Å². The standard InChI is InChI=1S/C23H17N3O4S/c27-20-10-9-17(12-18(20)22(29)30)25-23-26-19(13-31-23)15-7-4-8-16(11-15)24-21(28)14-5-2-1-3-6-14/h1-13,27H,(H,24,28)(H,25,26)(H,29,30). The van der Waals surface area contributed by atoms with E-state index in [9.17, 15) is 14.7 Å². The fourth-order valence-corrected chi connectivity index (χ4v) is 3.66. The molecule has 0 radical (unpaired) electrons. The average Bonchev–Trinajstić information content (AvgIpc) is 3.24. The number of benzene rings is 3. The van der Waals surface area contributed by atoms with Gasteiger partial charge in [0.1, 0.15) is 11.3 Å². The fraction of sp³-hybridized carbons (Fsp3) is 0. The zero-order valence-electron chi connectivity index (χ0n) is 16.1. The van der Waals surface area contributed by atoms with Crippen LogP contribution >= 0.6 is 11.3 Å². The summed E-state index contributed by atoms with van der Waals surface area (Å²) in [5.41, 5.74) is 3.07. The Morgan fingerprint density at radius 2 is 1.71 bits per heavy atom. The lowest BCUT2D eigenvalue weighted by Crippen LogP contribution is -2.11. The molecule has 0 bridgehead atoms. The Labute approximate surface area is 181 Å². The van der Waals surface area contributed by atoms with Gasteiger partial charge in [-0.2, -0.15) is 0 Å². The molecule has 0 unspecified atom stereocenters. The van der Waals surface area contributed by atoms with Gasteiger partial charge in [-0.1, -0.05) is 30.3 Å². The summed E-state index contributed by atoms with van der Waals surface area (Å²) in [5.74, 6) is -1.71. The molecule has 0 saturated carbocycles. The van der Waals surface area contributed by atoms with Crippen molar-refractivity contribution in [2.45, 2.75) is 0 Å². The van der Waals surface area contributed by atoms with Crippen LogP contribution in [0.1, 0.15) is 20.7 Å². The Hall–Kier alpha value is -4.17. The summed E-state index contributed by atoms with van der Waals surface area (Å²) >= 11 is 1.35. The van der Waals surface area contributed by atoms with Crippen LogP contribution in [0.15, 0.2) is 78.2 Å². The van der Waals surface area contributed by atoms with Gasteiger partial charge in [0.2, 0.25) is 0 Å². The third kappa shape index (κ3) is 4.71. The van der Waals surface area contributed by atoms with E-state index in [0.29, 0.717) is 27.8 Å². The molecule has 0 spiro atoms. The minimum Gasteiger partial charge on any atom is -0.507 e. The number of rotatable bonds is 6. The van der Waals surface area contributed by atoms with Gasteiger partial charge in [-0.3, -0.25) is 4.79 Å². The minimum absolute atomic E-state index is 0.191. The molecule has 7 nitrogen and oxygen atoms in total. The second-order valence-corrected chi connectivity index (χ2v) is 7.46. The van der Waals surface area contributed by atoms with Gasteiger partial charge >= 0.3 is 5.97 Å². The van der Waals surface area contributed by atoms with Crippen molar-refractivity contribution in [3.63, 3.8) is 0 Å². The van der Waals surface area contributed by atoms with E-state index in [0.717, 1.165) is 5.56 Å². The molecule has 0 aliphatic carbocycles. The van der Waals surface area contributed by atoms with Gasteiger partial charge in [-0.05, 0) is 42.5 Å². The number of phenols is 1. The lowest BCUT2D eigenvalue weighted by Gasteiger charge is -2.07. The summed E-state index contributed by atoms with van der Waals surface area (Å²) in [6, 6.07) is 20.6. The number of carbonyl (C=O) groups excluding carboxylic acids is 1. The van der Waals surface area contributed by atoms with Crippen molar-refractivity contribution in [2.24, 2.45) is 0 Å². The normalized spacial score (nSPS) is 10.5. The van der Waals surface area contributed by atoms with Crippen LogP contribution in [0.4, 0.5) is 16.5 Å². The number of aromatic carboxylic acids is 1. The SMILES string of the molecule is O=C(Nc1cccc(-c2csc(Nc3ccc(O)c(C(=O)O)c3)n2)c1)c1ccccc1. The molecule has 154 valence electrons. The zero-order valence-corrected chi connectivity index (χ0v) is 16.9. The maximum absolute atomic E-state index is 12.4. The molecule has 4 aromatic rings. The lowest BCUT2D eigenvalue weighted by atomic mass is 10.1. The maximum Gasteiger partial charge on any atom is 0.339 e. The summed E-state index contributed by atoms with van der Waals surface area (Å²) in [7, 11) is 0. The van der Waals surface area contributed by atoms with Gasteiger partial charge in [0.15, 0.2) is 5.13 Å². The maximum atomic E-state index is 12.4. The van der Waals surface area contributed by atoms with E-state index in [2.05, 4.69) is 15.6 Å². The van der Waals surface area contributed by atoms with Crippen LogP contribution in [0, 0.1) is 0 Å². The van der Waals surface area contributed by atoms with E-state index >= 15 is 0 Å². The molecule has 1 aromatic heterocycles. The van der Waals surface area contributed by atoms with Crippen LogP contribution in [0.25, 0.3) is 11.3 Å². The van der Waals surface area contributed by atoms with Crippen molar-refractivity contribution in [2.75, 3.05) is 10.6 Å². The predicted molar refractivity (Wildman–Crippen MR) is 120 cm³/mol. The highest BCUT2D eigenvalue weighted by Crippen LogP contribution is 2.30. The molecule has 0 aliphatic heterocycles. The molecule has 1 amide bonds. The average molecular weight is 431 g/mol. The zero-order chi connectivity index (χ0) is 21.8. The quantitative estimate of drug-likeness (QED) is 0.312. The summed E-state index contributed by atoms with van der Waals surface area (Å²) < 4.78 is 0. The van der Waals surface area contributed by atoms with Gasteiger partial charge in [-0.25, -0.2) is 9.78 Å². The molecule has 0 fully saturated rings. The summed E-state index contributed by atoms with van der Waals surface area (Å²) in [5, 5.41) is 27.1. The molecule has 8 heteroatoms. The molecular formula is C23H17N3O4S. The van der Waals surface area contributed by atoms with E-state index < -0.39 is 5.97 Å². The van der Waals surface area contributed by atoms with E-state index in [-0.39, 0.29) is 17.2 Å². The summed E-state index contributed by atoms with van der Waals surface area (Å²) in [4.78, 5) is 28.1. The van der Waals surface area contributed by atoms with Crippen molar-refractivity contribution in [1.29, 1.82) is 0 Å². The molecule has 3 aromatic carbocycles. The molecule has 0 aliphatic rings. The Morgan fingerprint density at radius 3 is 2.48 bits per heavy atom. The van der Waals surface area contributed by atoms with Gasteiger partial charge < -0.3 is 20.8 Å². The highest BCUT2D eigenvalue weighted by molar-refractivity contribution is 7.14. The Bertz CT molecular complexity index is 1250. The first-order valence-electron chi connectivity index (χ1n) is 9.25. The van der Waals surface area contributed by atoms with Gasteiger partial charge in [0.25, 0.3) is 5.91 Å². The van der Waals surface area contributed by atoms with Crippen molar-refractivity contribution in [3.05, 3.63) is 89.3 Å². The fourth-order valence-electron chi connectivity index (χ4n) is 2.92. The number of aromatic nitrogens is 1. The minimum atomic E-state index is -1.21. The largest absolute Gasteiger partial charge is 0.507 e. The summed E-state index contributed by atoms with van der Waals surface area (Å²) in [6.07, 6.45) is 0. The first-order chi connectivity index (χ1) is 15.0. The topological polar surface area (TPSA) is 112 Å². The number of nitrogens with one attached hydrogen (secondary N) is 2. The van der Waals surface area contributed by atoms with Crippen molar-refractivity contribution >= 4 is 39.7 Å². The number of carboxylic acids is 1. The molecular weight excluding hydrogens is 414 g/mol. The molecule has 1 heterocycles. The van der Waals surface area contributed by atoms with Gasteiger partial charge in [0.05, 0.1) is 5.69 Å². The second-order valence-electron chi connectivity index (χ2n) is 6.60. The van der Waals surface area contributed by atoms with Crippen molar-refractivity contribution in [1.82, 2.24) is 4.98 Å². The molecule has 0 saturated heterocycles. The number of hydrogen-bond acceptors (Lipinski definition) is 6. The van der Waals surface area contributed by atoms with Gasteiger partial charge in [0, 0.05) is 27.9 Å². The van der Waals surface area contributed by atoms with Crippen molar-refractivity contribution in [3.8, 4) is 17.0 Å². The number of nitrogens with zero attached hydrogens (tertiary/aromatic N) is 1. The number of anilines is 3. The second kappa shape index (κ2) is 8.68.